The van der Waals surface area contributed by atoms with E-state index in [0.29, 0.717) is 17.7 Å². The second kappa shape index (κ2) is 7.27. The van der Waals surface area contributed by atoms with E-state index in [0.717, 1.165) is 12.0 Å². The molecule has 5 nitrogen and oxygen atoms in total. The first-order valence-corrected chi connectivity index (χ1v) is 6.64. The number of aliphatic hydroxyl groups excluding tert-OH is 1. The zero-order valence-corrected chi connectivity index (χ0v) is 11.8. The molecule has 1 aromatic carbocycles. The summed E-state index contributed by atoms with van der Waals surface area (Å²) in [7, 11) is 1.86. The highest BCUT2D eigenvalue weighted by Crippen LogP contribution is 2.04. The Balaban J connectivity index is 1.91. The Morgan fingerprint density at radius 1 is 1.48 bits per heavy atom. The minimum Gasteiger partial charge on any atom is -0.384 e. The molecule has 1 heterocycles. The monoisotopic (exact) mass is 283 g/mol. The van der Waals surface area contributed by atoms with Crippen LogP contribution in [0.3, 0.4) is 0 Å². The summed E-state index contributed by atoms with van der Waals surface area (Å²) in [6, 6.07) is 7.03. The Kier molecular flexibility index (Phi) is 5.13. The van der Waals surface area contributed by atoms with Crippen LogP contribution < -0.4 is 5.32 Å². The number of hydrogen-bond donors (Lipinski definition) is 2. The maximum Gasteiger partial charge on any atom is 0.251 e. The zero-order chi connectivity index (χ0) is 15.1. The maximum absolute atomic E-state index is 12.0. The Labute approximate surface area is 123 Å². The van der Waals surface area contributed by atoms with E-state index in [1.165, 1.54) is 0 Å². The first kappa shape index (κ1) is 14.8. The highest BCUT2D eigenvalue weighted by molar-refractivity contribution is 5.94. The number of carbonyl (C=O) groups is 1. The summed E-state index contributed by atoms with van der Waals surface area (Å²) >= 11 is 0. The van der Waals surface area contributed by atoms with E-state index < -0.39 is 0 Å². The van der Waals surface area contributed by atoms with Crippen LogP contribution in [0.25, 0.3) is 0 Å². The summed E-state index contributed by atoms with van der Waals surface area (Å²) in [6.07, 6.45) is 4.46. The molecule has 5 heteroatoms. The smallest absolute Gasteiger partial charge is 0.251 e. The van der Waals surface area contributed by atoms with Crippen LogP contribution in [0.4, 0.5) is 0 Å². The van der Waals surface area contributed by atoms with Crippen LogP contribution in [-0.4, -0.2) is 33.9 Å². The molecule has 2 aromatic rings. The van der Waals surface area contributed by atoms with Gasteiger partial charge in [-0.15, -0.1) is 0 Å². The van der Waals surface area contributed by atoms with E-state index in [1.54, 1.807) is 35.1 Å². The number of aliphatic hydroxyl groups is 1. The lowest BCUT2D eigenvalue weighted by Gasteiger charge is -2.04. The Bertz CT molecular complexity index is 680. The number of hydrogen-bond acceptors (Lipinski definition) is 3. The van der Waals surface area contributed by atoms with Gasteiger partial charge >= 0.3 is 0 Å². The largest absolute Gasteiger partial charge is 0.384 e. The van der Waals surface area contributed by atoms with Gasteiger partial charge in [-0.3, -0.25) is 9.48 Å². The minimum absolute atomic E-state index is 0.133. The van der Waals surface area contributed by atoms with E-state index in [4.69, 9.17) is 5.11 Å². The van der Waals surface area contributed by atoms with Crippen molar-refractivity contribution in [3.63, 3.8) is 0 Å². The molecule has 0 saturated heterocycles. The third-order valence-corrected chi connectivity index (χ3v) is 2.89. The molecule has 2 N–H and O–H groups in total. The standard InChI is InChI=1S/C16H17N3O2/c1-19-12-14(11-18-19)7-8-17-16(21)15-6-2-4-13(10-15)5-3-9-20/h2,4,6,10-12,20H,7-9H2,1H3,(H,17,21). The third kappa shape index (κ3) is 4.48. The number of amides is 1. The van der Waals surface area contributed by atoms with Gasteiger partial charge < -0.3 is 10.4 Å². The lowest BCUT2D eigenvalue weighted by Crippen LogP contribution is -2.25. The van der Waals surface area contributed by atoms with Crippen molar-refractivity contribution in [3.8, 4) is 11.8 Å². The van der Waals surface area contributed by atoms with Gasteiger partial charge in [0.15, 0.2) is 0 Å². The molecule has 0 aliphatic carbocycles. The molecule has 0 atom stereocenters. The van der Waals surface area contributed by atoms with E-state index in [1.807, 2.05) is 13.2 Å². The average Bonchev–Trinajstić information content (AvgIpc) is 2.91. The number of rotatable bonds is 4. The van der Waals surface area contributed by atoms with Crippen molar-refractivity contribution < 1.29 is 9.90 Å². The molecule has 1 aromatic heterocycles. The van der Waals surface area contributed by atoms with Crippen molar-refractivity contribution in [3.05, 3.63) is 53.3 Å². The van der Waals surface area contributed by atoms with E-state index in [2.05, 4.69) is 22.3 Å². The van der Waals surface area contributed by atoms with Gasteiger partial charge in [-0.05, 0) is 30.2 Å². The molecule has 0 spiro atoms. The zero-order valence-electron chi connectivity index (χ0n) is 11.8. The highest BCUT2D eigenvalue weighted by atomic mass is 16.2. The third-order valence-electron chi connectivity index (χ3n) is 2.89. The molecule has 0 fully saturated rings. The van der Waals surface area contributed by atoms with Gasteiger partial charge in [-0.2, -0.15) is 5.10 Å². The van der Waals surface area contributed by atoms with Crippen molar-refractivity contribution in [1.29, 1.82) is 0 Å². The quantitative estimate of drug-likeness (QED) is 0.813. The summed E-state index contributed by atoms with van der Waals surface area (Å²) in [4.78, 5) is 12.0. The Morgan fingerprint density at radius 3 is 3.05 bits per heavy atom. The van der Waals surface area contributed by atoms with Gasteiger partial charge in [0, 0.05) is 30.9 Å². The topological polar surface area (TPSA) is 67.2 Å². The number of carbonyl (C=O) groups excluding carboxylic acids is 1. The highest BCUT2D eigenvalue weighted by Gasteiger charge is 2.05. The predicted octanol–water partition coefficient (Wildman–Crippen LogP) is 0.736. The number of nitrogens with one attached hydrogen (secondary N) is 1. The van der Waals surface area contributed by atoms with Gasteiger partial charge in [0.25, 0.3) is 5.91 Å². The van der Waals surface area contributed by atoms with Gasteiger partial charge in [0.2, 0.25) is 0 Å². The Hall–Kier alpha value is -2.58. The molecular weight excluding hydrogens is 266 g/mol. The SMILES string of the molecule is Cn1cc(CCNC(=O)c2cccc(C#CCO)c2)cn1. The van der Waals surface area contributed by atoms with Crippen LogP contribution in [0.5, 0.6) is 0 Å². The first-order valence-electron chi connectivity index (χ1n) is 6.64. The van der Waals surface area contributed by atoms with Crippen molar-refractivity contribution in [2.45, 2.75) is 6.42 Å². The first-order chi connectivity index (χ1) is 10.2. The fourth-order valence-electron chi connectivity index (χ4n) is 1.90. The second-order valence-electron chi connectivity index (χ2n) is 4.57. The normalized spacial score (nSPS) is 9.81. The van der Waals surface area contributed by atoms with Gasteiger partial charge in [0.1, 0.15) is 6.61 Å². The van der Waals surface area contributed by atoms with Gasteiger partial charge in [0.05, 0.1) is 6.20 Å². The molecular formula is C16H17N3O2. The second-order valence-corrected chi connectivity index (χ2v) is 4.57. The van der Waals surface area contributed by atoms with E-state index in [-0.39, 0.29) is 12.5 Å². The fourth-order valence-corrected chi connectivity index (χ4v) is 1.90. The number of aryl methyl sites for hydroxylation is 1. The van der Waals surface area contributed by atoms with Crippen molar-refractivity contribution in [2.75, 3.05) is 13.2 Å². The maximum atomic E-state index is 12.0. The average molecular weight is 283 g/mol. The predicted molar refractivity (Wildman–Crippen MR) is 79.7 cm³/mol. The molecule has 0 saturated carbocycles. The van der Waals surface area contributed by atoms with Crippen LogP contribution in [0.1, 0.15) is 21.5 Å². The number of nitrogens with zero attached hydrogens (tertiary/aromatic N) is 2. The van der Waals surface area contributed by atoms with Gasteiger partial charge in [-0.25, -0.2) is 0 Å². The molecule has 2 rings (SSSR count). The van der Waals surface area contributed by atoms with Crippen LogP contribution in [0.2, 0.25) is 0 Å². The minimum atomic E-state index is -0.193. The number of aromatic nitrogens is 2. The fraction of sp³-hybridized carbons (Fsp3) is 0.250. The van der Waals surface area contributed by atoms with Crippen LogP contribution >= 0.6 is 0 Å². The molecule has 0 aliphatic rings. The van der Waals surface area contributed by atoms with Gasteiger partial charge in [-0.1, -0.05) is 17.9 Å². The molecule has 1 amide bonds. The summed E-state index contributed by atoms with van der Waals surface area (Å²) in [6.45, 7) is 0.360. The lowest BCUT2D eigenvalue weighted by molar-refractivity contribution is 0.0954. The Morgan fingerprint density at radius 2 is 2.33 bits per heavy atom. The van der Waals surface area contributed by atoms with Crippen molar-refractivity contribution in [1.82, 2.24) is 15.1 Å². The summed E-state index contributed by atoms with van der Waals surface area (Å²) in [5.74, 6) is 5.21. The summed E-state index contributed by atoms with van der Waals surface area (Å²) < 4.78 is 1.74. The molecule has 0 bridgehead atoms. The molecule has 21 heavy (non-hydrogen) atoms. The van der Waals surface area contributed by atoms with Crippen molar-refractivity contribution >= 4 is 5.91 Å². The molecule has 0 aliphatic heterocycles. The van der Waals surface area contributed by atoms with Crippen LogP contribution in [0.15, 0.2) is 36.7 Å². The van der Waals surface area contributed by atoms with Crippen LogP contribution in [-0.2, 0) is 13.5 Å². The summed E-state index contributed by atoms with van der Waals surface area (Å²) in [5.41, 5.74) is 2.36. The van der Waals surface area contributed by atoms with E-state index >= 15 is 0 Å². The van der Waals surface area contributed by atoms with E-state index in [9.17, 15) is 4.79 Å². The van der Waals surface area contributed by atoms with Crippen LogP contribution in [0, 0.1) is 11.8 Å². The molecule has 0 unspecified atom stereocenters. The number of benzene rings is 1. The molecule has 0 radical (unpaired) electrons. The molecule has 108 valence electrons. The van der Waals surface area contributed by atoms with Crippen molar-refractivity contribution in [2.24, 2.45) is 7.05 Å². The lowest BCUT2D eigenvalue weighted by atomic mass is 10.1. The summed E-state index contributed by atoms with van der Waals surface area (Å²) in [5, 5.41) is 15.6.